The lowest BCUT2D eigenvalue weighted by Crippen LogP contribution is -2.45. The van der Waals surface area contributed by atoms with Crippen molar-refractivity contribution >= 4 is 30.8 Å². The number of nitrogens with one attached hydrogen (secondary N) is 1. The van der Waals surface area contributed by atoms with E-state index in [-0.39, 0.29) is 17.9 Å². The second kappa shape index (κ2) is 12.5. The monoisotopic (exact) mass is 606 g/mol. The van der Waals surface area contributed by atoms with E-state index in [1.165, 1.54) is 0 Å². The summed E-state index contributed by atoms with van der Waals surface area (Å²) in [7, 11) is 2.57. The molecule has 0 spiro atoms. The van der Waals surface area contributed by atoms with Gasteiger partial charge in [0.2, 0.25) is 11.8 Å². The summed E-state index contributed by atoms with van der Waals surface area (Å²) in [4.78, 5) is 27.5. The molecule has 6 rings (SSSR count). The van der Waals surface area contributed by atoms with Gasteiger partial charge in [0.1, 0.15) is 23.9 Å². The van der Waals surface area contributed by atoms with Gasteiger partial charge in [0, 0.05) is 76.7 Å². The van der Waals surface area contributed by atoms with Crippen molar-refractivity contribution in [2.75, 3.05) is 58.8 Å². The summed E-state index contributed by atoms with van der Waals surface area (Å²) in [6.45, 7) is 13.4. The molecule has 3 aromatic rings. The largest absolute Gasteiger partial charge is 0.490 e. The minimum atomic E-state index is -1.23. The number of ether oxygens (including phenoxy) is 3. The van der Waals surface area contributed by atoms with Crippen molar-refractivity contribution < 1.29 is 19.0 Å². The summed E-state index contributed by atoms with van der Waals surface area (Å²) in [5.41, 5.74) is 2.48. The number of rotatable bonds is 13. The number of carbonyl (C=O) groups is 1. The maximum absolute atomic E-state index is 13.2. The SMILES string of the molecule is COc1nccc(OC2CC2)c1-c1cn(COCC[Si](C)(C)C)c2nc(NC(=O)C3CC3CN3CCN(C)CC3)ccc12. The highest BCUT2D eigenvalue weighted by Crippen LogP contribution is 2.44. The zero-order chi connectivity index (χ0) is 30.1. The number of hydrogen-bond donors (Lipinski definition) is 1. The highest BCUT2D eigenvalue weighted by molar-refractivity contribution is 6.76. The number of amides is 1. The van der Waals surface area contributed by atoms with Crippen LogP contribution >= 0.6 is 0 Å². The Balaban J connectivity index is 1.23. The molecule has 0 bridgehead atoms. The van der Waals surface area contributed by atoms with Crippen LogP contribution in [0.3, 0.4) is 0 Å². The van der Waals surface area contributed by atoms with Crippen LogP contribution in [-0.2, 0) is 16.3 Å². The normalized spacial score (nSPS) is 21.2. The molecule has 2 aliphatic carbocycles. The molecule has 2 atom stereocenters. The van der Waals surface area contributed by atoms with Crippen molar-refractivity contribution in [3.8, 4) is 22.8 Å². The van der Waals surface area contributed by atoms with Gasteiger partial charge >= 0.3 is 0 Å². The molecule has 3 aromatic heterocycles. The quantitative estimate of drug-likeness (QED) is 0.220. The molecule has 1 saturated heterocycles. The Hall–Kier alpha value is -2.99. The van der Waals surface area contributed by atoms with Gasteiger partial charge < -0.3 is 33.9 Å². The van der Waals surface area contributed by atoms with E-state index in [1.807, 2.05) is 29.0 Å². The molecule has 0 radical (unpaired) electrons. The topological polar surface area (TPSA) is 94.0 Å². The summed E-state index contributed by atoms with van der Waals surface area (Å²) in [5.74, 6) is 2.35. The number of methoxy groups -OCH3 is 1. The van der Waals surface area contributed by atoms with Crippen LogP contribution in [0.15, 0.2) is 30.6 Å². The lowest BCUT2D eigenvalue weighted by Gasteiger charge is -2.32. The Bertz CT molecular complexity index is 1440. The molecule has 1 aliphatic heterocycles. The summed E-state index contributed by atoms with van der Waals surface area (Å²) in [5, 5.41) is 4.04. The van der Waals surface area contributed by atoms with E-state index in [0.717, 1.165) is 85.9 Å². The first-order valence-corrected chi connectivity index (χ1v) is 19.4. The number of anilines is 1. The van der Waals surface area contributed by atoms with Gasteiger partial charge in [-0.2, -0.15) is 0 Å². The highest BCUT2D eigenvalue weighted by atomic mass is 28.3. The Labute approximate surface area is 255 Å². The van der Waals surface area contributed by atoms with Gasteiger partial charge in [0.25, 0.3) is 0 Å². The Morgan fingerprint density at radius 1 is 1.12 bits per heavy atom. The summed E-state index contributed by atoms with van der Waals surface area (Å²) >= 11 is 0. The maximum Gasteiger partial charge on any atom is 0.228 e. The van der Waals surface area contributed by atoms with Crippen LogP contribution in [0.1, 0.15) is 19.3 Å². The predicted molar refractivity (Wildman–Crippen MR) is 171 cm³/mol. The van der Waals surface area contributed by atoms with Crippen molar-refractivity contribution in [1.82, 2.24) is 24.3 Å². The molecule has 43 heavy (non-hydrogen) atoms. The lowest BCUT2D eigenvalue weighted by molar-refractivity contribution is -0.117. The number of likely N-dealkylation sites (N-methyl/N-ethyl adjacent to an activating group) is 1. The van der Waals surface area contributed by atoms with Crippen molar-refractivity contribution in [3.63, 3.8) is 0 Å². The molecule has 1 amide bonds. The third kappa shape index (κ3) is 7.39. The predicted octanol–water partition coefficient (Wildman–Crippen LogP) is 4.78. The summed E-state index contributed by atoms with van der Waals surface area (Å²) in [6.07, 6.45) is 7.04. The number of aromatic nitrogens is 3. The summed E-state index contributed by atoms with van der Waals surface area (Å²) < 4.78 is 20.2. The fraction of sp³-hybridized carbons (Fsp3) is 0.594. The van der Waals surface area contributed by atoms with Gasteiger partial charge in [-0.25, -0.2) is 9.97 Å². The fourth-order valence-corrected chi connectivity index (χ4v) is 6.47. The second-order valence-electron chi connectivity index (χ2n) is 13.6. The minimum absolute atomic E-state index is 0.0474. The van der Waals surface area contributed by atoms with Crippen LogP contribution in [-0.4, -0.2) is 97.9 Å². The zero-order valence-electron chi connectivity index (χ0n) is 26.3. The van der Waals surface area contributed by atoms with E-state index in [4.69, 9.17) is 19.2 Å². The molecule has 3 aliphatic rings. The first-order valence-electron chi connectivity index (χ1n) is 15.7. The molecule has 4 heterocycles. The number of hydrogen-bond acceptors (Lipinski definition) is 8. The minimum Gasteiger partial charge on any atom is -0.490 e. The van der Waals surface area contributed by atoms with E-state index in [1.54, 1.807) is 13.3 Å². The van der Waals surface area contributed by atoms with Gasteiger partial charge in [-0.3, -0.25) is 4.79 Å². The molecular weight excluding hydrogens is 560 g/mol. The average molecular weight is 607 g/mol. The smallest absolute Gasteiger partial charge is 0.228 e. The van der Waals surface area contributed by atoms with Crippen molar-refractivity contribution in [2.24, 2.45) is 11.8 Å². The van der Waals surface area contributed by atoms with E-state index in [9.17, 15) is 4.79 Å². The van der Waals surface area contributed by atoms with Gasteiger partial charge in [-0.05, 0) is 56.5 Å². The van der Waals surface area contributed by atoms with Gasteiger partial charge in [-0.1, -0.05) is 19.6 Å². The number of nitrogens with zero attached hydrogens (tertiary/aromatic N) is 5. The van der Waals surface area contributed by atoms with E-state index < -0.39 is 8.07 Å². The molecule has 11 heteroatoms. The first kappa shape index (κ1) is 30.1. The van der Waals surface area contributed by atoms with Crippen LogP contribution in [0.2, 0.25) is 25.7 Å². The molecule has 2 saturated carbocycles. The van der Waals surface area contributed by atoms with Crippen LogP contribution in [0.5, 0.6) is 11.6 Å². The van der Waals surface area contributed by atoms with Gasteiger partial charge in [-0.15, -0.1) is 0 Å². The van der Waals surface area contributed by atoms with Crippen molar-refractivity contribution in [2.45, 2.75) is 57.8 Å². The van der Waals surface area contributed by atoms with Crippen molar-refractivity contribution in [3.05, 3.63) is 30.6 Å². The van der Waals surface area contributed by atoms with E-state index >= 15 is 0 Å². The molecular formula is C32H46N6O4Si. The molecule has 1 N–H and O–H groups in total. The third-order valence-electron chi connectivity index (χ3n) is 8.71. The first-order chi connectivity index (χ1) is 20.7. The Morgan fingerprint density at radius 2 is 1.91 bits per heavy atom. The van der Waals surface area contributed by atoms with Crippen LogP contribution in [0.4, 0.5) is 5.82 Å². The molecule has 0 aromatic carbocycles. The van der Waals surface area contributed by atoms with Crippen LogP contribution in [0.25, 0.3) is 22.2 Å². The molecule has 10 nitrogen and oxygen atoms in total. The van der Waals surface area contributed by atoms with Crippen LogP contribution in [0, 0.1) is 11.8 Å². The number of piperazine rings is 1. The number of carbonyl (C=O) groups excluding carboxylic acids is 1. The van der Waals surface area contributed by atoms with Crippen LogP contribution < -0.4 is 14.8 Å². The van der Waals surface area contributed by atoms with Crippen molar-refractivity contribution in [1.29, 1.82) is 0 Å². The number of pyridine rings is 2. The Morgan fingerprint density at radius 3 is 2.63 bits per heavy atom. The maximum atomic E-state index is 13.2. The average Bonchev–Trinajstić information content (AvgIpc) is 3.91. The third-order valence-corrected chi connectivity index (χ3v) is 10.4. The second-order valence-corrected chi connectivity index (χ2v) is 19.3. The van der Waals surface area contributed by atoms with Gasteiger partial charge in [0.15, 0.2) is 0 Å². The Kier molecular flexibility index (Phi) is 8.77. The standard InChI is InChI=1S/C32H46N6O4Si/c1-36-12-14-37(15-13-36)19-22-18-25(22)31(39)35-28-9-8-24-26(20-38(30(24)34-28)21-41-16-17-43(3,4)5)29-27(42-23-6-7-23)10-11-33-32(29)40-2/h8-11,20,22-23,25H,6-7,12-19,21H2,1-5H3,(H,34,35,39). The molecule has 3 fully saturated rings. The molecule has 232 valence electrons. The fourth-order valence-electron chi connectivity index (χ4n) is 5.72. The lowest BCUT2D eigenvalue weighted by atomic mass is 10.1. The highest BCUT2D eigenvalue weighted by Gasteiger charge is 2.44. The molecule has 2 unspecified atom stereocenters. The van der Waals surface area contributed by atoms with Gasteiger partial charge in [0.05, 0.1) is 18.8 Å². The zero-order valence-corrected chi connectivity index (χ0v) is 27.3. The van der Waals surface area contributed by atoms with E-state index in [0.29, 0.717) is 31.0 Å². The van der Waals surface area contributed by atoms with E-state index in [2.05, 4.69) is 46.8 Å². The number of fused-ring (bicyclic) bond motifs is 1. The summed E-state index contributed by atoms with van der Waals surface area (Å²) in [6, 6.07) is 6.90.